The second-order valence-corrected chi connectivity index (χ2v) is 6.51. The minimum atomic E-state index is 0.162. The number of benzene rings is 1. The average molecular weight is 301 g/mol. The van der Waals surface area contributed by atoms with Gasteiger partial charge in [-0.3, -0.25) is 4.79 Å². The van der Waals surface area contributed by atoms with Crippen molar-refractivity contribution < 1.29 is 4.79 Å². The van der Waals surface area contributed by atoms with Crippen molar-refractivity contribution >= 4 is 11.6 Å². The maximum Gasteiger partial charge on any atom is 0.227 e. The molecule has 120 valence electrons. The van der Waals surface area contributed by atoms with Crippen molar-refractivity contribution in [2.75, 3.05) is 38.0 Å². The molecule has 2 aliphatic rings. The highest BCUT2D eigenvalue weighted by Gasteiger charge is 2.20. The van der Waals surface area contributed by atoms with Gasteiger partial charge >= 0.3 is 0 Å². The Morgan fingerprint density at radius 3 is 2.77 bits per heavy atom. The molecule has 2 saturated heterocycles. The van der Waals surface area contributed by atoms with Crippen LogP contribution in [0.25, 0.3) is 0 Å². The Morgan fingerprint density at radius 2 is 2.00 bits per heavy atom. The Labute approximate surface area is 133 Å². The van der Waals surface area contributed by atoms with Crippen molar-refractivity contribution in [2.24, 2.45) is 5.92 Å². The molecule has 4 nitrogen and oxygen atoms in total. The molecular weight excluding hydrogens is 274 g/mol. The zero-order valence-electron chi connectivity index (χ0n) is 13.3. The minimum Gasteiger partial charge on any atom is -0.326 e. The van der Waals surface area contributed by atoms with E-state index >= 15 is 0 Å². The third-order valence-corrected chi connectivity index (χ3v) is 4.82. The van der Waals surface area contributed by atoms with E-state index in [2.05, 4.69) is 33.7 Å². The van der Waals surface area contributed by atoms with Gasteiger partial charge in [-0.05, 0) is 76.0 Å². The van der Waals surface area contributed by atoms with Crippen LogP contribution in [-0.4, -0.2) is 43.5 Å². The third-order valence-electron chi connectivity index (χ3n) is 4.82. The predicted molar refractivity (Wildman–Crippen MR) is 90.0 cm³/mol. The quantitative estimate of drug-likeness (QED) is 0.877. The number of likely N-dealkylation sites (tertiary alicyclic amines) is 1. The molecule has 2 N–H and O–H groups in total. The summed E-state index contributed by atoms with van der Waals surface area (Å²) in [5.74, 6) is 0.340. The molecule has 3 rings (SSSR count). The van der Waals surface area contributed by atoms with Gasteiger partial charge in [-0.2, -0.15) is 0 Å². The number of amides is 1. The Kier molecular flexibility index (Phi) is 5.46. The van der Waals surface area contributed by atoms with Crippen LogP contribution >= 0.6 is 0 Å². The molecule has 1 amide bonds. The first kappa shape index (κ1) is 15.5. The van der Waals surface area contributed by atoms with Crippen molar-refractivity contribution in [1.82, 2.24) is 10.2 Å². The molecule has 0 aromatic heterocycles. The lowest BCUT2D eigenvalue weighted by Crippen LogP contribution is -2.34. The van der Waals surface area contributed by atoms with Gasteiger partial charge in [0.2, 0.25) is 5.91 Å². The van der Waals surface area contributed by atoms with E-state index < -0.39 is 0 Å². The zero-order valence-corrected chi connectivity index (χ0v) is 13.3. The second-order valence-electron chi connectivity index (χ2n) is 6.51. The van der Waals surface area contributed by atoms with Crippen LogP contribution in [0.5, 0.6) is 0 Å². The molecule has 2 heterocycles. The highest BCUT2D eigenvalue weighted by atomic mass is 16.1. The van der Waals surface area contributed by atoms with Gasteiger partial charge in [-0.25, -0.2) is 0 Å². The standard InChI is InChI=1S/C18H27N3O/c22-18(16-6-9-19-10-7-16)20-17-5-3-4-15(14-17)8-13-21-11-1-2-12-21/h3-5,14,16,19H,1-2,6-13H2,(H,20,22). The summed E-state index contributed by atoms with van der Waals surface area (Å²) in [6, 6.07) is 8.35. The number of piperidine rings is 1. The molecule has 22 heavy (non-hydrogen) atoms. The van der Waals surface area contributed by atoms with Crippen molar-refractivity contribution in [3.63, 3.8) is 0 Å². The van der Waals surface area contributed by atoms with E-state index in [9.17, 15) is 4.79 Å². The molecule has 0 aliphatic carbocycles. The van der Waals surface area contributed by atoms with E-state index in [1.165, 1.54) is 31.5 Å². The third kappa shape index (κ3) is 4.31. The summed E-state index contributed by atoms with van der Waals surface area (Å²) >= 11 is 0. The molecule has 0 unspecified atom stereocenters. The first-order valence-electron chi connectivity index (χ1n) is 8.64. The highest BCUT2D eigenvalue weighted by molar-refractivity contribution is 5.92. The van der Waals surface area contributed by atoms with Crippen LogP contribution in [0.2, 0.25) is 0 Å². The Morgan fingerprint density at radius 1 is 1.23 bits per heavy atom. The number of nitrogens with zero attached hydrogens (tertiary/aromatic N) is 1. The van der Waals surface area contributed by atoms with Gasteiger partial charge in [0.1, 0.15) is 0 Å². The number of nitrogens with one attached hydrogen (secondary N) is 2. The second kappa shape index (κ2) is 7.75. The van der Waals surface area contributed by atoms with Crippen molar-refractivity contribution in [3.8, 4) is 0 Å². The van der Waals surface area contributed by atoms with Crippen molar-refractivity contribution in [3.05, 3.63) is 29.8 Å². The smallest absolute Gasteiger partial charge is 0.227 e. The first-order valence-corrected chi connectivity index (χ1v) is 8.64. The number of rotatable bonds is 5. The van der Waals surface area contributed by atoms with Crippen LogP contribution in [0.1, 0.15) is 31.2 Å². The normalized spacial score (nSPS) is 20.2. The summed E-state index contributed by atoms with van der Waals surface area (Å²) in [5, 5.41) is 6.40. The van der Waals surface area contributed by atoms with Crippen LogP contribution in [0, 0.1) is 5.92 Å². The van der Waals surface area contributed by atoms with Crippen LogP contribution in [0.15, 0.2) is 24.3 Å². The maximum absolute atomic E-state index is 12.3. The molecule has 1 aromatic rings. The fraction of sp³-hybridized carbons (Fsp3) is 0.611. The van der Waals surface area contributed by atoms with Gasteiger partial charge in [0.15, 0.2) is 0 Å². The minimum absolute atomic E-state index is 0.162. The Hall–Kier alpha value is -1.39. The molecule has 0 spiro atoms. The fourth-order valence-electron chi connectivity index (χ4n) is 3.43. The van der Waals surface area contributed by atoms with Crippen LogP contribution in [0.3, 0.4) is 0 Å². The van der Waals surface area contributed by atoms with Gasteiger partial charge in [-0.1, -0.05) is 12.1 Å². The summed E-state index contributed by atoms with van der Waals surface area (Å²) < 4.78 is 0. The highest BCUT2D eigenvalue weighted by Crippen LogP contribution is 2.17. The van der Waals surface area contributed by atoms with Crippen molar-refractivity contribution in [2.45, 2.75) is 32.1 Å². The van der Waals surface area contributed by atoms with Crippen molar-refractivity contribution in [1.29, 1.82) is 0 Å². The summed E-state index contributed by atoms with van der Waals surface area (Å²) in [4.78, 5) is 14.8. The molecule has 0 saturated carbocycles. The average Bonchev–Trinajstić information content (AvgIpc) is 3.08. The van der Waals surface area contributed by atoms with Gasteiger partial charge in [0.25, 0.3) is 0 Å². The Balaban J connectivity index is 1.52. The molecular formula is C18H27N3O. The first-order chi connectivity index (χ1) is 10.8. The lowest BCUT2D eigenvalue weighted by atomic mass is 9.97. The van der Waals surface area contributed by atoms with E-state index in [1.807, 2.05) is 6.07 Å². The molecule has 2 fully saturated rings. The SMILES string of the molecule is O=C(Nc1cccc(CCN2CCCC2)c1)C1CCNCC1. The summed E-state index contributed by atoms with van der Waals surface area (Å²) in [6.45, 7) is 5.52. The molecule has 1 aromatic carbocycles. The van der Waals surface area contributed by atoms with E-state index in [4.69, 9.17) is 0 Å². The van der Waals surface area contributed by atoms with Crippen LogP contribution in [-0.2, 0) is 11.2 Å². The maximum atomic E-state index is 12.3. The molecule has 0 atom stereocenters. The summed E-state index contributed by atoms with van der Waals surface area (Å²) in [6.07, 6.45) is 5.64. The molecule has 2 aliphatic heterocycles. The number of hydrogen-bond acceptors (Lipinski definition) is 3. The largest absolute Gasteiger partial charge is 0.326 e. The number of carbonyl (C=O) groups is 1. The predicted octanol–water partition coefficient (Wildman–Crippen LogP) is 2.26. The molecule has 0 bridgehead atoms. The molecule has 4 heteroatoms. The number of anilines is 1. The number of carbonyl (C=O) groups excluding carboxylic acids is 1. The van der Waals surface area contributed by atoms with Gasteiger partial charge in [-0.15, -0.1) is 0 Å². The monoisotopic (exact) mass is 301 g/mol. The topological polar surface area (TPSA) is 44.4 Å². The van der Waals surface area contributed by atoms with Gasteiger partial charge < -0.3 is 15.5 Å². The van der Waals surface area contributed by atoms with E-state index in [0.29, 0.717) is 0 Å². The van der Waals surface area contributed by atoms with E-state index in [0.717, 1.165) is 44.6 Å². The Bertz CT molecular complexity index is 491. The number of hydrogen-bond donors (Lipinski definition) is 2. The van der Waals surface area contributed by atoms with Crippen LogP contribution < -0.4 is 10.6 Å². The summed E-state index contributed by atoms with van der Waals surface area (Å²) in [7, 11) is 0. The lowest BCUT2D eigenvalue weighted by molar-refractivity contribution is -0.120. The fourth-order valence-corrected chi connectivity index (χ4v) is 3.43. The molecule has 0 radical (unpaired) electrons. The zero-order chi connectivity index (χ0) is 15.2. The van der Waals surface area contributed by atoms with E-state index in [-0.39, 0.29) is 11.8 Å². The van der Waals surface area contributed by atoms with Gasteiger partial charge in [0.05, 0.1) is 0 Å². The van der Waals surface area contributed by atoms with Crippen LogP contribution in [0.4, 0.5) is 5.69 Å². The summed E-state index contributed by atoms with van der Waals surface area (Å²) in [5.41, 5.74) is 2.26. The van der Waals surface area contributed by atoms with E-state index in [1.54, 1.807) is 0 Å². The lowest BCUT2D eigenvalue weighted by Gasteiger charge is -2.22. The van der Waals surface area contributed by atoms with Gasteiger partial charge in [0, 0.05) is 18.2 Å².